The minimum atomic E-state index is -2.60. The van der Waals surface area contributed by atoms with Gasteiger partial charge in [-0.2, -0.15) is 0 Å². The molecule has 0 fully saturated rings. The van der Waals surface area contributed by atoms with Gasteiger partial charge in [0.2, 0.25) is 5.95 Å². The molecule has 1 aromatic carbocycles. The van der Waals surface area contributed by atoms with Crippen molar-refractivity contribution in [3.05, 3.63) is 41.2 Å². The van der Waals surface area contributed by atoms with Crippen molar-refractivity contribution in [1.82, 2.24) is 30.5 Å². The van der Waals surface area contributed by atoms with E-state index in [0.29, 0.717) is 5.69 Å². The van der Waals surface area contributed by atoms with Crippen LogP contribution in [0.25, 0.3) is 0 Å². The standard InChI is InChI=1S/C12H11F2N9O/c13-10(14)6-2-1-3-7(4-6)17-11(15)9-8(19-24-20-9)5-23-12(16)18-21-22-23/h1-4,10H,5H2,(H2,15,17)(H2,16,18,22). The second-order valence-electron chi connectivity index (χ2n) is 4.65. The van der Waals surface area contributed by atoms with Crippen molar-refractivity contribution in [2.45, 2.75) is 13.0 Å². The number of alkyl halides is 2. The number of tetrazole rings is 1. The second kappa shape index (κ2) is 6.36. The van der Waals surface area contributed by atoms with E-state index >= 15 is 0 Å². The molecule has 0 aliphatic carbocycles. The summed E-state index contributed by atoms with van der Waals surface area (Å²) in [4.78, 5) is 4.06. The molecule has 0 radical (unpaired) electrons. The molecule has 0 unspecified atom stereocenters. The fourth-order valence-corrected chi connectivity index (χ4v) is 1.89. The van der Waals surface area contributed by atoms with Crippen molar-refractivity contribution in [2.24, 2.45) is 10.7 Å². The monoisotopic (exact) mass is 335 g/mol. The average Bonchev–Trinajstić information content (AvgIpc) is 3.17. The van der Waals surface area contributed by atoms with Crippen LogP contribution in [-0.2, 0) is 6.54 Å². The Morgan fingerprint density at radius 1 is 1.33 bits per heavy atom. The highest BCUT2D eigenvalue weighted by atomic mass is 19.3. The van der Waals surface area contributed by atoms with Gasteiger partial charge in [-0.25, -0.2) is 23.1 Å². The molecule has 12 heteroatoms. The SMILES string of the molecule is NC(=Nc1cccc(C(F)F)c1)c1nonc1Cn1nnnc1N. The third kappa shape index (κ3) is 3.16. The van der Waals surface area contributed by atoms with Crippen LogP contribution in [0.5, 0.6) is 0 Å². The topological polar surface area (TPSA) is 147 Å². The van der Waals surface area contributed by atoms with E-state index in [1.165, 1.54) is 28.9 Å². The van der Waals surface area contributed by atoms with Crippen molar-refractivity contribution >= 4 is 17.5 Å². The molecule has 0 spiro atoms. The Morgan fingerprint density at radius 3 is 2.88 bits per heavy atom. The number of anilines is 1. The highest BCUT2D eigenvalue weighted by molar-refractivity contribution is 5.98. The van der Waals surface area contributed by atoms with Gasteiger partial charge in [0.05, 0.1) is 12.2 Å². The number of aromatic nitrogens is 6. The quantitative estimate of drug-likeness (QED) is 0.510. The molecular formula is C12H11F2N9O. The van der Waals surface area contributed by atoms with Gasteiger partial charge in [-0.15, -0.1) is 0 Å². The van der Waals surface area contributed by atoms with Crippen LogP contribution in [0.3, 0.4) is 0 Å². The molecular weight excluding hydrogens is 324 g/mol. The molecule has 0 aliphatic rings. The number of halogens is 2. The van der Waals surface area contributed by atoms with Crippen molar-refractivity contribution in [3.63, 3.8) is 0 Å². The summed E-state index contributed by atoms with van der Waals surface area (Å²) >= 11 is 0. The van der Waals surface area contributed by atoms with Crippen LogP contribution >= 0.6 is 0 Å². The van der Waals surface area contributed by atoms with Crippen LogP contribution in [0, 0.1) is 0 Å². The molecule has 2 aromatic heterocycles. The summed E-state index contributed by atoms with van der Waals surface area (Å²) in [5.41, 5.74) is 12.0. The van der Waals surface area contributed by atoms with E-state index in [1.54, 1.807) is 0 Å². The Hall–Kier alpha value is -3.44. The van der Waals surface area contributed by atoms with Gasteiger partial charge >= 0.3 is 0 Å². The lowest BCUT2D eigenvalue weighted by molar-refractivity contribution is 0.151. The van der Waals surface area contributed by atoms with Crippen molar-refractivity contribution in [3.8, 4) is 0 Å². The van der Waals surface area contributed by atoms with Gasteiger partial charge in [0.15, 0.2) is 11.5 Å². The molecule has 3 aromatic rings. The first-order chi connectivity index (χ1) is 11.5. The van der Waals surface area contributed by atoms with E-state index in [-0.39, 0.29) is 35.3 Å². The predicted molar refractivity (Wildman–Crippen MR) is 77.4 cm³/mol. The highest BCUT2D eigenvalue weighted by Crippen LogP contribution is 2.23. The van der Waals surface area contributed by atoms with E-state index in [1.807, 2.05) is 0 Å². The number of aliphatic imine (C=N–C) groups is 1. The maximum absolute atomic E-state index is 12.7. The Kier molecular flexibility index (Phi) is 4.09. The van der Waals surface area contributed by atoms with Crippen LogP contribution in [-0.4, -0.2) is 36.4 Å². The fraction of sp³-hybridized carbons (Fsp3) is 0.167. The maximum atomic E-state index is 12.7. The van der Waals surface area contributed by atoms with Gasteiger partial charge in [-0.05, 0) is 27.7 Å². The molecule has 0 amide bonds. The summed E-state index contributed by atoms with van der Waals surface area (Å²) in [5, 5.41) is 18.0. The smallest absolute Gasteiger partial charge is 0.263 e. The van der Waals surface area contributed by atoms with Crippen LogP contribution < -0.4 is 11.5 Å². The van der Waals surface area contributed by atoms with E-state index in [0.717, 1.165) is 0 Å². The summed E-state index contributed by atoms with van der Waals surface area (Å²) in [6.07, 6.45) is -2.60. The van der Waals surface area contributed by atoms with Crippen molar-refractivity contribution in [1.29, 1.82) is 0 Å². The molecule has 0 atom stereocenters. The first kappa shape index (κ1) is 15.5. The lowest BCUT2D eigenvalue weighted by Gasteiger charge is -2.02. The molecule has 124 valence electrons. The number of nitrogens with zero attached hydrogens (tertiary/aromatic N) is 7. The van der Waals surface area contributed by atoms with Crippen LogP contribution in [0.1, 0.15) is 23.4 Å². The van der Waals surface area contributed by atoms with E-state index in [9.17, 15) is 8.78 Å². The minimum Gasteiger partial charge on any atom is -0.382 e. The number of hydrogen-bond acceptors (Lipinski definition) is 8. The number of nitrogens with two attached hydrogens (primary N) is 2. The van der Waals surface area contributed by atoms with E-state index in [2.05, 4.69) is 35.5 Å². The summed E-state index contributed by atoms with van der Waals surface area (Å²) in [5.74, 6) is 0.0217. The summed E-state index contributed by atoms with van der Waals surface area (Å²) in [6.45, 7) is 0.0605. The molecule has 2 heterocycles. The predicted octanol–water partition coefficient (Wildman–Crippen LogP) is 0.661. The Labute approximate surface area is 133 Å². The summed E-state index contributed by atoms with van der Waals surface area (Å²) in [7, 11) is 0. The number of hydrogen-bond donors (Lipinski definition) is 2. The Balaban J connectivity index is 1.88. The first-order valence-electron chi connectivity index (χ1n) is 6.60. The zero-order valence-corrected chi connectivity index (χ0v) is 12.0. The van der Waals surface area contributed by atoms with Gasteiger partial charge in [-0.1, -0.05) is 22.4 Å². The zero-order chi connectivity index (χ0) is 17.1. The number of nitrogen functional groups attached to an aromatic ring is 1. The van der Waals surface area contributed by atoms with Gasteiger partial charge in [-0.3, -0.25) is 0 Å². The third-order valence-electron chi connectivity index (χ3n) is 3.03. The lowest BCUT2D eigenvalue weighted by Crippen LogP contribution is -2.17. The average molecular weight is 335 g/mol. The highest BCUT2D eigenvalue weighted by Gasteiger charge is 2.17. The Bertz CT molecular complexity index is 873. The minimum absolute atomic E-state index is 0.0516. The molecule has 0 bridgehead atoms. The van der Waals surface area contributed by atoms with Gasteiger partial charge in [0.1, 0.15) is 5.69 Å². The number of amidine groups is 1. The van der Waals surface area contributed by atoms with Crippen molar-refractivity contribution in [2.75, 3.05) is 5.73 Å². The molecule has 3 rings (SSSR count). The molecule has 4 N–H and O–H groups in total. The van der Waals surface area contributed by atoms with Crippen LogP contribution in [0.2, 0.25) is 0 Å². The molecule has 0 saturated heterocycles. The summed E-state index contributed by atoms with van der Waals surface area (Å²) in [6, 6.07) is 5.51. The fourth-order valence-electron chi connectivity index (χ4n) is 1.89. The molecule has 24 heavy (non-hydrogen) atoms. The lowest BCUT2D eigenvalue weighted by atomic mass is 10.2. The van der Waals surface area contributed by atoms with Gasteiger partial charge in [0.25, 0.3) is 6.43 Å². The number of rotatable bonds is 5. The van der Waals surface area contributed by atoms with Gasteiger partial charge < -0.3 is 11.5 Å². The molecule has 0 saturated carbocycles. The normalized spacial score (nSPS) is 12.0. The number of benzene rings is 1. The maximum Gasteiger partial charge on any atom is 0.263 e. The Morgan fingerprint density at radius 2 is 2.17 bits per heavy atom. The van der Waals surface area contributed by atoms with E-state index < -0.39 is 6.43 Å². The largest absolute Gasteiger partial charge is 0.382 e. The molecule has 0 aliphatic heterocycles. The molecule has 10 nitrogen and oxygen atoms in total. The zero-order valence-electron chi connectivity index (χ0n) is 12.0. The van der Waals surface area contributed by atoms with Gasteiger partial charge in [0, 0.05) is 5.56 Å². The van der Waals surface area contributed by atoms with Crippen LogP contribution in [0.15, 0.2) is 33.9 Å². The first-order valence-corrected chi connectivity index (χ1v) is 6.60. The van der Waals surface area contributed by atoms with E-state index in [4.69, 9.17) is 11.5 Å². The third-order valence-corrected chi connectivity index (χ3v) is 3.03. The second-order valence-corrected chi connectivity index (χ2v) is 4.65. The van der Waals surface area contributed by atoms with Crippen molar-refractivity contribution < 1.29 is 13.4 Å². The summed E-state index contributed by atoms with van der Waals surface area (Å²) < 4.78 is 31.4. The van der Waals surface area contributed by atoms with Crippen LogP contribution in [0.4, 0.5) is 20.4 Å².